The highest BCUT2D eigenvalue weighted by atomic mass is 16.5. The zero-order valence-electron chi connectivity index (χ0n) is 14.7. The summed E-state index contributed by atoms with van der Waals surface area (Å²) in [6.07, 6.45) is 2.06. The summed E-state index contributed by atoms with van der Waals surface area (Å²) >= 11 is 0. The zero-order valence-corrected chi connectivity index (χ0v) is 14.7. The Bertz CT molecular complexity index is 800. The van der Waals surface area contributed by atoms with E-state index in [1.54, 1.807) is 21.3 Å². The number of nitrogens with zero attached hydrogens (tertiary/aromatic N) is 1. The van der Waals surface area contributed by atoms with E-state index in [0.717, 1.165) is 36.6 Å². The molecule has 1 atom stereocenters. The van der Waals surface area contributed by atoms with Gasteiger partial charge in [0.05, 0.1) is 21.3 Å². The predicted molar refractivity (Wildman–Crippen MR) is 94.3 cm³/mol. The maximum absolute atomic E-state index is 5.56. The van der Waals surface area contributed by atoms with Gasteiger partial charge in [0.1, 0.15) is 5.75 Å². The summed E-state index contributed by atoms with van der Waals surface area (Å²) in [6, 6.07) is 9.01. The molecule has 4 rings (SSSR count). The van der Waals surface area contributed by atoms with Crippen LogP contribution in [-0.4, -0.2) is 39.8 Å². The fourth-order valence-electron chi connectivity index (χ4n) is 4.11. The molecular weight excluding hydrogens is 302 g/mol. The van der Waals surface area contributed by atoms with E-state index >= 15 is 0 Å². The Morgan fingerprint density at radius 3 is 2.33 bits per heavy atom. The third kappa shape index (κ3) is 2.17. The molecule has 0 spiro atoms. The van der Waals surface area contributed by atoms with Crippen molar-refractivity contribution in [2.24, 2.45) is 0 Å². The maximum Gasteiger partial charge on any atom is 0.161 e. The second-order valence-corrected chi connectivity index (χ2v) is 6.56. The highest BCUT2D eigenvalue weighted by Crippen LogP contribution is 2.48. The molecule has 1 unspecified atom stereocenters. The van der Waals surface area contributed by atoms with E-state index in [0.29, 0.717) is 6.04 Å². The lowest BCUT2D eigenvalue weighted by molar-refractivity contribution is 0.227. The molecule has 2 aromatic rings. The maximum atomic E-state index is 5.56. The first-order chi connectivity index (χ1) is 11.7. The van der Waals surface area contributed by atoms with E-state index in [9.17, 15) is 0 Å². The van der Waals surface area contributed by atoms with E-state index in [2.05, 4.69) is 36.2 Å². The van der Waals surface area contributed by atoms with Gasteiger partial charge in [0.15, 0.2) is 11.5 Å². The van der Waals surface area contributed by atoms with Crippen LogP contribution in [0.2, 0.25) is 0 Å². The molecule has 0 amide bonds. The fourth-order valence-corrected chi connectivity index (χ4v) is 4.11. The van der Waals surface area contributed by atoms with Crippen LogP contribution >= 0.6 is 0 Å². The first kappa shape index (κ1) is 15.3. The minimum absolute atomic E-state index is 0.417. The lowest BCUT2D eigenvalue weighted by Crippen LogP contribution is -2.35. The molecule has 1 aliphatic heterocycles. The third-order valence-electron chi connectivity index (χ3n) is 5.39. The molecule has 2 aliphatic rings. The highest BCUT2D eigenvalue weighted by molar-refractivity contribution is 5.79. The highest BCUT2D eigenvalue weighted by Gasteiger charge is 2.34. The minimum atomic E-state index is 0.417. The first-order valence-electron chi connectivity index (χ1n) is 8.32. The van der Waals surface area contributed by atoms with Gasteiger partial charge < -0.3 is 14.2 Å². The van der Waals surface area contributed by atoms with Gasteiger partial charge in [0, 0.05) is 12.6 Å². The molecule has 4 nitrogen and oxygen atoms in total. The Hall–Kier alpha value is -2.20. The van der Waals surface area contributed by atoms with Crippen LogP contribution in [0.25, 0.3) is 11.1 Å². The van der Waals surface area contributed by atoms with Crippen LogP contribution in [-0.2, 0) is 12.8 Å². The number of hydrogen-bond acceptors (Lipinski definition) is 4. The molecule has 0 radical (unpaired) electrons. The standard InChI is InChI=1S/C20H23NO3/c1-21-6-5-12-7-14(22-2)10-16-15-11-19(24-4)18(23-3)9-13(15)8-17(21)20(12)16/h7,9-11,17H,5-6,8H2,1-4H3. The summed E-state index contributed by atoms with van der Waals surface area (Å²) in [5.74, 6) is 2.49. The second-order valence-electron chi connectivity index (χ2n) is 6.56. The molecule has 0 aromatic heterocycles. The van der Waals surface area contributed by atoms with Crippen molar-refractivity contribution in [1.29, 1.82) is 0 Å². The van der Waals surface area contributed by atoms with Crippen molar-refractivity contribution in [3.8, 4) is 28.4 Å². The smallest absolute Gasteiger partial charge is 0.161 e. The van der Waals surface area contributed by atoms with Crippen LogP contribution in [0, 0.1) is 0 Å². The number of methoxy groups -OCH3 is 3. The van der Waals surface area contributed by atoms with Gasteiger partial charge in [-0.3, -0.25) is 4.90 Å². The van der Waals surface area contributed by atoms with Crippen molar-refractivity contribution >= 4 is 0 Å². The van der Waals surface area contributed by atoms with Gasteiger partial charge in [-0.1, -0.05) is 0 Å². The number of ether oxygens (including phenoxy) is 3. The number of hydrogen-bond donors (Lipinski definition) is 0. The van der Waals surface area contributed by atoms with Gasteiger partial charge in [-0.2, -0.15) is 0 Å². The van der Waals surface area contributed by atoms with Crippen LogP contribution in [0.15, 0.2) is 24.3 Å². The number of fused-ring (bicyclic) bond motifs is 2. The molecule has 4 heteroatoms. The number of benzene rings is 2. The van der Waals surface area contributed by atoms with Crippen molar-refractivity contribution in [2.75, 3.05) is 34.9 Å². The average Bonchev–Trinajstić information content (AvgIpc) is 2.62. The number of rotatable bonds is 3. The SMILES string of the molecule is COc1cc2c3c(c1)-c1cc(OC)c(OC)cc1CC3N(C)CC2. The Morgan fingerprint density at radius 2 is 1.62 bits per heavy atom. The number of likely N-dealkylation sites (N-methyl/N-ethyl adjacent to an activating group) is 1. The second kappa shape index (κ2) is 5.71. The summed E-state index contributed by atoms with van der Waals surface area (Å²) < 4.78 is 16.6. The van der Waals surface area contributed by atoms with Gasteiger partial charge >= 0.3 is 0 Å². The Balaban J connectivity index is 1.99. The van der Waals surface area contributed by atoms with E-state index in [1.807, 2.05) is 0 Å². The molecule has 0 bridgehead atoms. The van der Waals surface area contributed by atoms with Crippen LogP contribution in [0.5, 0.6) is 17.2 Å². The summed E-state index contributed by atoms with van der Waals surface area (Å²) in [4.78, 5) is 2.46. The van der Waals surface area contributed by atoms with Crippen molar-refractivity contribution in [3.63, 3.8) is 0 Å². The Kier molecular flexibility index (Phi) is 3.65. The molecule has 24 heavy (non-hydrogen) atoms. The Labute approximate surface area is 142 Å². The average molecular weight is 325 g/mol. The molecule has 126 valence electrons. The quantitative estimate of drug-likeness (QED) is 0.865. The van der Waals surface area contributed by atoms with E-state index in [1.165, 1.54) is 27.8 Å². The van der Waals surface area contributed by atoms with Gasteiger partial charge in [-0.15, -0.1) is 0 Å². The fraction of sp³-hybridized carbons (Fsp3) is 0.400. The van der Waals surface area contributed by atoms with Crippen molar-refractivity contribution in [1.82, 2.24) is 4.90 Å². The topological polar surface area (TPSA) is 30.9 Å². The molecule has 1 heterocycles. The van der Waals surface area contributed by atoms with Crippen molar-refractivity contribution < 1.29 is 14.2 Å². The molecule has 0 saturated heterocycles. The lowest BCUT2D eigenvalue weighted by atomic mass is 9.77. The van der Waals surface area contributed by atoms with Crippen molar-refractivity contribution in [3.05, 3.63) is 41.0 Å². The van der Waals surface area contributed by atoms with Crippen molar-refractivity contribution in [2.45, 2.75) is 18.9 Å². The summed E-state index contributed by atoms with van der Waals surface area (Å²) in [7, 11) is 7.33. The molecule has 1 aliphatic carbocycles. The zero-order chi connectivity index (χ0) is 16.8. The predicted octanol–water partition coefficient (Wildman–Crippen LogP) is 3.46. The molecule has 2 aromatic carbocycles. The van der Waals surface area contributed by atoms with E-state index in [4.69, 9.17) is 14.2 Å². The van der Waals surface area contributed by atoms with E-state index < -0.39 is 0 Å². The molecular formula is C20H23NO3. The third-order valence-corrected chi connectivity index (χ3v) is 5.39. The molecule has 0 fully saturated rings. The monoisotopic (exact) mass is 325 g/mol. The Morgan fingerprint density at radius 1 is 0.875 bits per heavy atom. The lowest BCUT2D eigenvalue weighted by Gasteiger charge is -2.40. The summed E-state index contributed by atoms with van der Waals surface area (Å²) in [6.45, 7) is 1.08. The van der Waals surface area contributed by atoms with Gasteiger partial charge in [0.2, 0.25) is 0 Å². The van der Waals surface area contributed by atoms with Gasteiger partial charge in [-0.05, 0) is 72.0 Å². The summed E-state index contributed by atoms with van der Waals surface area (Å²) in [5, 5.41) is 0. The normalized spacial score (nSPS) is 18.6. The van der Waals surface area contributed by atoms with Crippen LogP contribution in [0.4, 0.5) is 0 Å². The van der Waals surface area contributed by atoms with Gasteiger partial charge in [-0.25, -0.2) is 0 Å². The van der Waals surface area contributed by atoms with E-state index in [-0.39, 0.29) is 0 Å². The van der Waals surface area contributed by atoms with Crippen LogP contribution in [0.3, 0.4) is 0 Å². The molecule has 0 saturated carbocycles. The van der Waals surface area contributed by atoms with Crippen LogP contribution < -0.4 is 14.2 Å². The van der Waals surface area contributed by atoms with Gasteiger partial charge in [0.25, 0.3) is 0 Å². The largest absolute Gasteiger partial charge is 0.497 e. The molecule has 0 N–H and O–H groups in total. The minimum Gasteiger partial charge on any atom is -0.497 e. The first-order valence-corrected chi connectivity index (χ1v) is 8.32. The summed E-state index contributed by atoms with van der Waals surface area (Å²) in [5.41, 5.74) is 6.66. The van der Waals surface area contributed by atoms with Crippen LogP contribution in [0.1, 0.15) is 22.7 Å².